The number of carbonyl (C=O) groups excluding carboxylic acids is 1. The molecular formula is C21H25FN2O. The van der Waals surface area contributed by atoms with Gasteiger partial charge >= 0.3 is 0 Å². The second-order valence-corrected chi connectivity index (χ2v) is 6.60. The minimum atomic E-state index is -0.226. The molecule has 1 N–H and O–H groups in total. The molecule has 0 spiro atoms. The van der Waals surface area contributed by atoms with Gasteiger partial charge in [0.1, 0.15) is 5.82 Å². The average Bonchev–Trinajstić information content (AvgIpc) is 3.17. The van der Waals surface area contributed by atoms with Crippen molar-refractivity contribution in [3.63, 3.8) is 0 Å². The highest BCUT2D eigenvalue weighted by molar-refractivity contribution is 5.76. The quantitative estimate of drug-likeness (QED) is 0.833. The first kappa shape index (κ1) is 17.6. The van der Waals surface area contributed by atoms with Gasteiger partial charge in [-0.25, -0.2) is 4.39 Å². The van der Waals surface area contributed by atoms with Gasteiger partial charge in [-0.3, -0.25) is 9.69 Å². The van der Waals surface area contributed by atoms with E-state index in [1.165, 1.54) is 30.5 Å². The van der Waals surface area contributed by atoms with Crippen LogP contribution in [0.4, 0.5) is 4.39 Å². The summed E-state index contributed by atoms with van der Waals surface area (Å²) in [5.74, 6) is -0.161. The number of hydrogen-bond acceptors (Lipinski definition) is 2. The Labute approximate surface area is 148 Å². The lowest BCUT2D eigenvalue weighted by molar-refractivity contribution is -0.121. The van der Waals surface area contributed by atoms with E-state index in [1.54, 1.807) is 0 Å². The second kappa shape index (κ2) is 8.77. The predicted octanol–water partition coefficient (Wildman–Crippen LogP) is 3.71. The summed E-state index contributed by atoms with van der Waals surface area (Å²) in [7, 11) is 0. The van der Waals surface area contributed by atoms with Gasteiger partial charge in [-0.15, -0.1) is 0 Å². The summed E-state index contributed by atoms with van der Waals surface area (Å²) in [5.41, 5.74) is 2.24. The summed E-state index contributed by atoms with van der Waals surface area (Å²) in [4.78, 5) is 14.6. The first-order valence-electron chi connectivity index (χ1n) is 9.02. The van der Waals surface area contributed by atoms with E-state index in [4.69, 9.17) is 0 Å². The minimum absolute atomic E-state index is 0.0650. The molecule has 1 unspecified atom stereocenters. The number of hydrogen-bond donors (Lipinski definition) is 1. The van der Waals surface area contributed by atoms with Crippen LogP contribution >= 0.6 is 0 Å². The van der Waals surface area contributed by atoms with Gasteiger partial charge in [0.15, 0.2) is 0 Å². The highest BCUT2D eigenvalue weighted by atomic mass is 19.1. The Hall–Kier alpha value is -2.20. The fraction of sp³-hybridized carbons (Fsp3) is 0.381. The van der Waals surface area contributed by atoms with Crippen LogP contribution in [-0.4, -0.2) is 30.4 Å². The van der Waals surface area contributed by atoms with E-state index in [-0.39, 0.29) is 17.8 Å². The van der Waals surface area contributed by atoms with Crippen LogP contribution < -0.4 is 5.32 Å². The topological polar surface area (TPSA) is 32.3 Å². The van der Waals surface area contributed by atoms with E-state index in [0.29, 0.717) is 13.0 Å². The van der Waals surface area contributed by atoms with Crippen LogP contribution in [-0.2, 0) is 11.2 Å². The normalized spacial score (nSPS) is 15.9. The highest BCUT2D eigenvalue weighted by Gasteiger charge is 2.23. The molecule has 25 heavy (non-hydrogen) atoms. The highest BCUT2D eigenvalue weighted by Crippen LogP contribution is 2.24. The molecule has 1 saturated heterocycles. The lowest BCUT2D eigenvalue weighted by Crippen LogP contribution is -2.36. The number of benzene rings is 2. The third-order valence-corrected chi connectivity index (χ3v) is 4.81. The molecule has 1 amide bonds. The fourth-order valence-corrected chi connectivity index (χ4v) is 3.40. The molecule has 0 saturated carbocycles. The van der Waals surface area contributed by atoms with E-state index in [1.807, 2.05) is 42.5 Å². The van der Waals surface area contributed by atoms with E-state index in [0.717, 1.165) is 25.1 Å². The van der Waals surface area contributed by atoms with Crippen molar-refractivity contribution in [3.05, 3.63) is 71.5 Å². The number of amides is 1. The third kappa shape index (κ3) is 5.13. The SMILES string of the molecule is O=C(CCc1ccccc1)NCC(c1ccc(F)cc1)N1CCCC1. The standard InChI is InChI=1S/C21H25FN2O/c22-19-11-9-18(10-12-19)20(24-14-4-5-15-24)16-23-21(25)13-8-17-6-2-1-3-7-17/h1-3,6-7,9-12,20H,4-5,8,13-16H2,(H,23,25). The molecule has 3 nitrogen and oxygen atoms in total. The molecule has 0 radical (unpaired) electrons. The van der Waals surface area contributed by atoms with Crippen molar-refractivity contribution in [2.45, 2.75) is 31.7 Å². The van der Waals surface area contributed by atoms with Crippen molar-refractivity contribution in [2.24, 2.45) is 0 Å². The molecule has 1 aliphatic rings. The molecule has 1 aliphatic heterocycles. The number of carbonyl (C=O) groups is 1. The number of nitrogens with zero attached hydrogens (tertiary/aromatic N) is 1. The molecule has 2 aromatic carbocycles. The average molecular weight is 340 g/mol. The van der Waals surface area contributed by atoms with E-state index in [9.17, 15) is 9.18 Å². The van der Waals surface area contributed by atoms with Gasteiger partial charge in [-0.2, -0.15) is 0 Å². The van der Waals surface area contributed by atoms with E-state index < -0.39 is 0 Å². The number of aryl methyl sites for hydroxylation is 1. The second-order valence-electron chi connectivity index (χ2n) is 6.60. The van der Waals surface area contributed by atoms with Crippen molar-refractivity contribution < 1.29 is 9.18 Å². The van der Waals surface area contributed by atoms with Gasteiger partial charge in [-0.05, 0) is 55.6 Å². The smallest absolute Gasteiger partial charge is 0.220 e. The van der Waals surface area contributed by atoms with Crippen molar-refractivity contribution in [1.82, 2.24) is 10.2 Å². The predicted molar refractivity (Wildman–Crippen MR) is 97.7 cm³/mol. The molecule has 132 valence electrons. The Bertz CT molecular complexity index is 666. The molecule has 0 aromatic heterocycles. The van der Waals surface area contributed by atoms with Crippen LogP contribution in [0.2, 0.25) is 0 Å². The summed E-state index contributed by atoms with van der Waals surface area (Å²) in [6.07, 6.45) is 3.59. The maximum absolute atomic E-state index is 13.2. The molecule has 1 atom stereocenters. The summed E-state index contributed by atoms with van der Waals surface area (Å²) in [5, 5.41) is 3.07. The van der Waals surface area contributed by atoms with Crippen molar-refractivity contribution in [1.29, 1.82) is 0 Å². The molecule has 3 rings (SSSR count). The van der Waals surface area contributed by atoms with Crippen LogP contribution in [0.25, 0.3) is 0 Å². The molecule has 0 bridgehead atoms. The molecule has 1 fully saturated rings. The van der Waals surface area contributed by atoms with Gasteiger partial charge in [0, 0.05) is 13.0 Å². The molecule has 4 heteroatoms. The maximum Gasteiger partial charge on any atom is 0.220 e. The summed E-state index contributed by atoms with van der Waals surface area (Å²) in [6, 6.07) is 16.8. The zero-order valence-corrected chi connectivity index (χ0v) is 14.5. The van der Waals surface area contributed by atoms with Crippen LogP contribution in [0.15, 0.2) is 54.6 Å². The Morgan fingerprint density at radius 2 is 1.72 bits per heavy atom. The van der Waals surface area contributed by atoms with Crippen molar-refractivity contribution in [3.8, 4) is 0 Å². The monoisotopic (exact) mass is 340 g/mol. The Morgan fingerprint density at radius 3 is 2.40 bits per heavy atom. The lowest BCUT2D eigenvalue weighted by atomic mass is 10.0. The molecule has 0 aliphatic carbocycles. The minimum Gasteiger partial charge on any atom is -0.354 e. The Kier molecular flexibility index (Phi) is 6.18. The summed E-state index contributed by atoms with van der Waals surface area (Å²) in [6.45, 7) is 2.63. The van der Waals surface area contributed by atoms with Crippen LogP contribution in [0.5, 0.6) is 0 Å². The van der Waals surface area contributed by atoms with Crippen molar-refractivity contribution in [2.75, 3.05) is 19.6 Å². The largest absolute Gasteiger partial charge is 0.354 e. The number of nitrogens with one attached hydrogen (secondary N) is 1. The van der Waals surface area contributed by atoms with Gasteiger partial charge in [0.25, 0.3) is 0 Å². The number of likely N-dealkylation sites (tertiary alicyclic amines) is 1. The van der Waals surface area contributed by atoms with E-state index in [2.05, 4.69) is 10.2 Å². The number of halogens is 1. The van der Waals surface area contributed by atoms with Crippen LogP contribution in [0.3, 0.4) is 0 Å². The number of rotatable bonds is 7. The maximum atomic E-state index is 13.2. The zero-order valence-electron chi connectivity index (χ0n) is 14.5. The van der Waals surface area contributed by atoms with Crippen LogP contribution in [0.1, 0.15) is 36.4 Å². The van der Waals surface area contributed by atoms with Gasteiger partial charge in [0.05, 0.1) is 6.04 Å². The zero-order chi connectivity index (χ0) is 17.5. The fourth-order valence-electron chi connectivity index (χ4n) is 3.40. The third-order valence-electron chi connectivity index (χ3n) is 4.81. The lowest BCUT2D eigenvalue weighted by Gasteiger charge is -2.28. The first-order chi connectivity index (χ1) is 12.2. The van der Waals surface area contributed by atoms with Gasteiger partial charge in [-0.1, -0.05) is 42.5 Å². The summed E-state index contributed by atoms with van der Waals surface area (Å²) >= 11 is 0. The van der Waals surface area contributed by atoms with E-state index >= 15 is 0 Å². The first-order valence-corrected chi connectivity index (χ1v) is 9.02. The molecular weight excluding hydrogens is 315 g/mol. The summed E-state index contributed by atoms with van der Waals surface area (Å²) < 4.78 is 13.2. The molecule has 1 heterocycles. The van der Waals surface area contributed by atoms with Gasteiger partial charge in [0.2, 0.25) is 5.91 Å². The van der Waals surface area contributed by atoms with Crippen molar-refractivity contribution >= 4 is 5.91 Å². The Balaban J connectivity index is 1.56. The molecule has 2 aromatic rings. The Morgan fingerprint density at radius 1 is 1.04 bits per heavy atom. The van der Waals surface area contributed by atoms with Crippen LogP contribution in [0, 0.1) is 5.82 Å². The van der Waals surface area contributed by atoms with Gasteiger partial charge < -0.3 is 5.32 Å².